The van der Waals surface area contributed by atoms with Gasteiger partial charge in [-0.25, -0.2) is 15.0 Å². The summed E-state index contributed by atoms with van der Waals surface area (Å²) in [7, 11) is -4.07. The fourth-order valence-electron chi connectivity index (χ4n) is 2.96. The molecule has 0 atom stereocenters. The van der Waals surface area contributed by atoms with Gasteiger partial charge < -0.3 is 24.8 Å². The van der Waals surface area contributed by atoms with Gasteiger partial charge >= 0.3 is 7.60 Å². The molecule has 9 nitrogen and oxygen atoms in total. The molecule has 0 saturated heterocycles. The topological polar surface area (TPSA) is 136 Å². The predicted octanol–water partition coefficient (Wildman–Crippen LogP) is 2.73. The Hall–Kier alpha value is -2.48. The smallest absolute Gasteiger partial charge is 0.329 e. The number of nitrogen functional groups attached to an aromatic ring is 1. The van der Waals surface area contributed by atoms with Crippen molar-refractivity contribution in [2.24, 2.45) is 0 Å². The Morgan fingerprint density at radius 1 is 1.11 bits per heavy atom. The number of imidazole rings is 1. The maximum atomic E-state index is 11.1. The number of nitrogens with two attached hydrogens (primary N) is 1. The largest absolute Gasteiger partial charge is 0.494 e. The SMILES string of the molecule is Nc1ncnc2c1ncn2CCCCCCOc1cccc(CP(=O)(O)O)c1. The molecule has 0 aliphatic heterocycles. The van der Waals surface area contributed by atoms with Crippen LogP contribution in [0.25, 0.3) is 11.2 Å². The summed E-state index contributed by atoms with van der Waals surface area (Å²) in [6.45, 7) is 1.38. The summed E-state index contributed by atoms with van der Waals surface area (Å²) in [5.41, 5.74) is 7.75. The lowest BCUT2D eigenvalue weighted by Gasteiger charge is -2.09. The molecule has 3 aromatic rings. The molecule has 0 fully saturated rings. The third-order valence-corrected chi connectivity index (χ3v) is 5.06. The van der Waals surface area contributed by atoms with Crippen LogP contribution in [0, 0.1) is 0 Å². The van der Waals surface area contributed by atoms with Crippen LogP contribution in [0.1, 0.15) is 31.2 Å². The summed E-state index contributed by atoms with van der Waals surface area (Å²) in [4.78, 5) is 30.5. The van der Waals surface area contributed by atoms with Gasteiger partial charge in [0.25, 0.3) is 0 Å². The van der Waals surface area contributed by atoms with Gasteiger partial charge in [-0.1, -0.05) is 25.0 Å². The molecule has 150 valence electrons. The second-order valence-electron chi connectivity index (χ2n) is 6.60. The van der Waals surface area contributed by atoms with E-state index in [0.717, 1.165) is 37.9 Å². The highest BCUT2D eigenvalue weighted by atomic mass is 31.2. The van der Waals surface area contributed by atoms with Gasteiger partial charge in [-0.2, -0.15) is 0 Å². The molecule has 0 aliphatic carbocycles. The van der Waals surface area contributed by atoms with E-state index in [1.165, 1.54) is 6.33 Å². The van der Waals surface area contributed by atoms with Crippen molar-refractivity contribution >= 4 is 24.6 Å². The molecule has 2 heterocycles. The van der Waals surface area contributed by atoms with Gasteiger partial charge in [0.1, 0.15) is 17.6 Å². The molecule has 4 N–H and O–H groups in total. The van der Waals surface area contributed by atoms with Gasteiger partial charge in [0.2, 0.25) is 0 Å². The summed E-state index contributed by atoms with van der Waals surface area (Å²) >= 11 is 0. The van der Waals surface area contributed by atoms with Crippen molar-refractivity contribution in [3.05, 3.63) is 42.5 Å². The molecule has 10 heteroatoms. The van der Waals surface area contributed by atoms with Crippen LogP contribution >= 0.6 is 7.60 Å². The van der Waals surface area contributed by atoms with Crippen LogP contribution in [0.15, 0.2) is 36.9 Å². The first-order valence-electron chi connectivity index (χ1n) is 9.10. The minimum absolute atomic E-state index is 0.274. The number of aryl methyl sites for hydroxylation is 1. The second-order valence-corrected chi connectivity index (χ2v) is 8.25. The quantitative estimate of drug-likeness (QED) is 0.346. The number of fused-ring (bicyclic) bond motifs is 1. The van der Waals surface area contributed by atoms with E-state index >= 15 is 0 Å². The van der Waals surface area contributed by atoms with Crippen molar-refractivity contribution in [1.29, 1.82) is 0 Å². The highest BCUT2D eigenvalue weighted by Crippen LogP contribution is 2.39. The van der Waals surface area contributed by atoms with E-state index in [1.807, 2.05) is 4.57 Å². The number of nitrogens with zero attached hydrogens (tertiary/aromatic N) is 4. The van der Waals surface area contributed by atoms with Crippen LogP contribution < -0.4 is 10.5 Å². The lowest BCUT2D eigenvalue weighted by atomic mass is 10.2. The lowest BCUT2D eigenvalue weighted by Crippen LogP contribution is -2.01. The molecule has 0 spiro atoms. The maximum Gasteiger partial charge on any atom is 0.329 e. The van der Waals surface area contributed by atoms with Crippen LogP contribution in [-0.4, -0.2) is 35.9 Å². The van der Waals surface area contributed by atoms with E-state index in [9.17, 15) is 4.57 Å². The van der Waals surface area contributed by atoms with E-state index < -0.39 is 7.60 Å². The fourth-order valence-corrected chi connectivity index (χ4v) is 3.63. The zero-order valence-corrected chi connectivity index (χ0v) is 16.3. The average Bonchev–Trinajstić information content (AvgIpc) is 3.04. The number of benzene rings is 1. The monoisotopic (exact) mass is 405 g/mol. The van der Waals surface area contributed by atoms with E-state index in [0.29, 0.717) is 29.3 Å². The molecule has 1 aromatic carbocycles. The third kappa shape index (κ3) is 5.76. The van der Waals surface area contributed by atoms with Gasteiger partial charge in [0.05, 0.1) is 19.1 Å². The molecule has 0 unspecified atom stereocenters. The Kier molecular flexibility index (Phi) is 6.61. The Labute approximate surface area is 162 Å². The lowest BCUT2D eigenvalue weighted by molar-refractivity contribution is 0.304. The summed E-state index contributed by atoms with van der Waals surface area (Å²) in [6.07, 6.45) is 6.87. The summed E-state index contributed by atoms with van der Waals surface area (Å²) < 4.78 is 18.7. The number of anilines is 1. The molecule has 28 heavy (non-hydrogen) atoms. The molecule has 0 amide bonds. The molecule has 0 aliphatic rings. The van der Waals surface area contributed by atoms with Crippen molar-refractivity contribution < 1.29 is 19.1 Å². The normalized spacial score (nSPS) is 11.8. The molecular formula is C18H24N5O4P. The van der Waals surface area contributed by atoms with Gasteiger partial charge in [-0.05, 0) is 30.5 Å². The summed E-state index contributed by atoms with van der Waals surface area (Å²) in [5, 5.41) is 0. The molecule has 0 saturated carbocycles. The molecule has 2 aromatic heterocycles. The van der Waals surface area contributed by atoms with Crippen molar-refractivity contribution in [1.82, 2.24) is 19.5 Å². The first kappa shape index (κ1) is 20.3. The average molecular weight is 405 g/mol. The Morgan fingerprint density at radius 2 is 1.93 bits per heavy atom. The van der Waals surface area contributed by atoms with Crippen LogP contribution in [-0.2, 0) is 17.3 Å². The second kappa shape index (κ2) is 9.14. The number of ether oxygens (including phenoxy) is 1. The number of rotatable bonds is 10. The van der Waals surface area contributed by atoms with Crippen LogP contribution in [0.5, 0.6) is 5.75 Å². The molecular weight excluding hydrogens is 381 g/mol. The van der Waals surface area contributed by atoms with E-state index in [-0.39, 0.29) is 6.16 Å². The van der Waals surface area contributed by atoms with Crippen LogP contribution in [0.4, 0.5) is 5.82 Å². The minimum atomic E-state index is -4.07. The van der Waals surface area contributed by atoms with Gasteiger partial charge in [-0.3, -0.25) is 4.57 Å². The van der Waals surface area contributed by atoms with Gasteiger partial charge in [0.15, 0.2) is 11.5 Å². The Bertz CT molecular complexity index is 972. The van der Waals surface area contributed by atoms with E-state index in [4.69, 9.17) is 20.3 Å². The van der Waals surface area contributed by atoms with Gasteiger partial charge in [0, 0.05) is 6.54 Å². The van der Waals surface area contributed by atoms with Crippen molar-refractivity contribution in [2.75, 3.05) is 12.3 Å². The van der Waals surface area contributed by atoms with Crippen molar-refractivity contribution in [3.63, 3.8) is 0 Å². The van der Waals surface area contributed by atoms with E-state index in [1.54, 1.807) is 30.6 Å². The Balaban J connectivity index is 1.36. The molecule has 0 bridgehead atoms. The fraction of sp³-hybridized carbons (Fsp3) is 0.389. The Morgan fingerprint density at radius 3 is 2.75 bits per heavy atom. The van der Waals surface area contributed by atoms with E-state index in [2.05, 4.69) is 15.0 Å². The number of hydrogen-bond acceptors (Lipinski definition) is 6. The zero-order chi connectivity index (χ0) is 20.0. The first-order valence-corrected chi connectivity index (χ1v) is 10.9. The number of hydrogen-bond donors (Lipinski definition) is 3. The van der Waals surface area contributed by atoms with Crippen molar-refractivity contribution in [2.45, 2.75) is 38.4 Å². The number of unbranched alkanes of at least 4 members (excludes halogenated alkanes) is 3. The standard InChI is InChI=1S/C18H24N5O4P/c19-17-16-18(21-12-20-17)23(13-22-16)8-3-1-2-4-9-27-15-7-5-6-14(10-15)11-28(24,25)26/h5-7,10,12-13H,1-4,8-9,11H2,(H2,19,20,21)(H2,24,25,26). The van der Waals surface area contributed by atoms with Crippen LogP contribution in [0.3, 0.4) is 0 Å². The number of aromatic nitrogens is 4. The maximum absolute atomic E-state index is 11.1. The van der Waals surface area contributed by atoms with Crippen molar-refractivity contribution in [3.8, 4) is 5.75 Å². The minimum Gasteiger partial charge on any atom is -0.494 e. The highest BCUT2D eigenvalue weighted by molar-refractivity contribution is 7.50. The van der Waals surface area contributed by atoms with Crippen LogP contribution in [0.2, 0.25) is 0 Å². The molecule has 3 rings (SSSR count). The summed E-state index contributed by atoms with van der Waals surface area (Å²) in [5.74, 6) is 1.03. The zero-order valence-electron chi connectivity index (χ0n) is 15.4. The van der Waals surface area contributed by atoms with Gasteiger partial charge in [-0.15, -0.1) is 0 Å². The first-order chi connectivity index (χ1) is 13.4. The third-order valence-electron chi connectivity index (χ3n) is 4.28. The predicted molar refractivity (Wildman–Crippen MR) is 106 cm³/mol. The highest BCUT2D eigenvalue weighted by Gasteiger charge is 2.14. The molecule has 0 radical (unpaired) electrons. The summed E-state index contributed by atoms with van der Waals surface area (Å²) in [6, 6.07) is 6.90.